The Bertz CT molecular complexity index is 534. The maximum atomic E-state index is 11.7. The Balaban J connectivity index is 1.83. The van der Waals surface area contributed by atoms with Crippen LogP contribution in [-0.2, 0) is 5.60 Å². The van der Waals surface area contributed by atoms with Gasteiger partial charge in [0.1, 0.15) is 0 Å². The van der Waals surface area contributed by atoms with Crippen molar-refractivity contribution in [2.75, 3.05) is 19.6 Å². The highest BCUT2D eigenvalue weighted by Gasteiger charge is 2.46. The minimum atomic E-state index is -0.758. The van der Waals surface area contributed by atoms with E-state index in [0.29, 0.717) is 5.92 Å². The van der Waals surface area contributed by atoms with Crippen LogP contribution in [0, 0.1) is 17.8 Å². The second kappa shape index (κ2) is 7.20. The summed E-state index contributed by atoms with van der Waals surface area (Å²) >= 11 is 3.51. The van der Waals surface area contributed by atoms with Crippen LogP contribution in [0.3, 0.4) is 0 Å². The molecule has 0 spiro atoms. The summed E-state index contributed by atoms with van der Waals surface area (Å²) in [5, 5.41) is 11.7. The highest BCUT2D eigenvalue weighted by molar-refractivity contribution is 9.10. The van der Waals surface area contributed by atoms with E-state index in [0.717, 1.165) is 41.9 Å². The molecule has 2 fully saturated rings. The number of aromatic nitrogens is 1. The van der Waals surface area contributed by atoms with E-state index in [1.54, 1.807) is 6.20 Å². The van der Waals surface area contributed by atoms with E-state index in [4.69, 9.17) is 0 Å². The smallest absolute Gasteiger partial charge is 0.0977 e. The van der Waals surface area contributed by atoms with Gasteiger partial charge in [-0.1, -0.05) is 20.3 Å². The Labute approximate surface area is 148 Å². The average Bonchev–Trinajstić information content (AvgIpc) is 3.35. The highest BCUT2D eigenvalue weighted by atomic mass is 79.9. The van der Waals surface area contributed by atoms with E-state index in [9.17, 15) is 5.11 Å². The summed E-state index contributed by atoms with van der Waals surface area (Å²) < 4.78 is 0.949. The van der Waals surface area contributed by atoms with Gasteiger partial charge in [0, 0.05) is 41.4 Å². The number of rotatable bonds is 6. The van der Waals surface area contributed by atoms with Gasteiger partial charge < -0.3 is 10.0 Å². The Morgan fingerprint density at radius 3 is 2.70 bits per heavy atom. The van der Waals surface area contributed by atoms with Gasteiger partial charge in [-0.2, -0.15) is 0 Å². The largest absolute Gasteiger partial charge is 0.384 e. The van der Waals surface area contributed by atoms with Crippen molar-refractivity contribution < 1.29 is 5.11 Å². The maximum Gasteiger partial charge on any atom is 0.0977 e. The zero-order valence-electron chi connectivity index (χ0n) is 14.3. The third kappa shape index (κ3) is 3.80. The summed E-state index contributed by atoms with van der Waals surface area (Å²) in [6, 6.07) is 2.05. The third-order valence-corrected chi connectivity index (χ3v) is 6.30. The fourth-order valence-electron chi connectivity index (χ4n) is 4.20. The number of halogens is 1. The predicted molar refractivity (Wildman–Crippen MR) is 97.2 cm³/mol. The zero-order valence-corrected chi connectivity index (χ0v) is 15.9. The minimum absolute atomic E-state index is 0.275. The van der Waals surface area contributed by atoms with Crippen molar-refractivity contribution in [2.24, 2.45) is 17.8 Å². The van der Waals surface area contributed by atoms with Crippen LogP contribution in [0.1, 0.15) is 51.5 Å². The monoisotopic (exact) mass is 380 g/mol. The van der Waals surface area contributed by atoms with Crippen molar-refractivity contribution in [3.05, 3.63) is 28.5 Å². The molecular weight excluding hydrogens is 352 g/mol. The van der Waals surface area contributed by atoms with Gasteiger partial charge in [0.05, 0.1) is 5.60 Å². The van der Waals surface area contributed by atoms with E-state index in [2.05, 4.69) is 45.7 Å². The first-order valence-electron chi connectivity index (χ1n) is 9.09. The summed E-state index contributed by atoms with van der Waals surface area (Å²) in [7, 11) is 0. The van der Waals surface area contributed by atoms with Crippen molar-refractivity contribution in [3.8, 4) is 0 Å². The van der Waals surface area contributed by atoms with Crippen LogP contribution in [0.4, 0.5) is 0 Å². The van der Waals surface area contributed by atoms with E-state index in [-0.39, 0.29) is 5.92 Å². The Morgan fingerprint density at radius 2 is 2.04 bits per heavy atom. The molecule has 3 nitrogen and oxygen atoms in total. The standard InChI is InChI=1S/C19H29BrN2O/c1-3-22(12-15-7-8-15)13-16-6-4-5-14(2)19(16,23)17-9-18(20)11-21-10-17/h9-11,14-16,23H,3-8,12-13H2,1-2H3. The van der Waals surface area contributed by atoms with E-state index in [1.165, 1.54) is 25.8 Å². The number of hydrogen-bond acceptors (Lipinski definition) is 3. The summed E-state index contributed by atoms with van der Waals surface area (Å²) in [6.45, 7) is 7.72. The minimum Gasteiger partial charge on any atom is -0.384 e. The molecule has 0 saturated heterocycles. The van der Waals surface area contributed by atoms with Crippen LogP contribution < -0.4 is 0 Å². The molecule has 1 aromatic heterocycles. The summed E-state index contributed by atoms with van der Waals surface area (Å²) in [6.07, 6.45) is 9.84. The van der Waals surface area contributed by atoms with Crippen molar-refractivity contribution in [2.45, 2.75) is 51.6 Å². The van der Waals surface area contributed by atoms with Gasteiger partial charge in [0.2, 0.25) is 0 Å². The predicted octanol–water partition coefficient (Wildman–Crippen LogP) is 4.20. The molecule has 0 aromatic carbocycles. The normalized spacial score (nSPS) is 31.5. The van der Waals surface area contributed by atoms with Crippen molar-refractivity contribution in [1.82, 2.24) is 9.88 Å². The fraction of sp³-hybridized carbons (Fsp3) is 0.737. The molecule has 1 heterocycles. The van der Waals surface area contributed by atoms with Crippen LogP contribution in [0.15, 0.2) is 22.9 Å². The second-order valence-corrected chi connectivity index (χ2v) is 8.46. The van der Waals surface area contributed by atoms with Crippen LogP contribution in [0.5, 0.6) is 0 Å². The lowest BCUT2D eigenvalue weighted by Gasteiger charge is -2.46. The van der Waals surface area contributed by atoms with Crippen LogP contribution in [-0.4, -0.2) is 34.6 Å². The van der Waals surface area contributed by atoms with Gasteiger partial charge in [-0.25, -0.2) is 0 Å². The SMILES string of the molecule is CCN(CC1CC1)CC1CCCC(C)C1(O)c1cncc(Br)c1. The summed E-state index contributed by atoms with van der Waals surface area (Å²) in [5.41, 5.74) is 0.220. The number of pyridine rings is 1. The molecule has 0 bridgehead atoms. The lowest BCUT2D eigenvalue weighted by atomic mass is 9.66. The van der Waals surface area contributed by atoms with E-state index >= 15 is 0 Å². The summed E-state index contributed by atoms with van der Waals surface area (Å²) in [4.78, 5) is 6.86. The van der Waals surface area contributed by atoms with Crippen LogP contribution in [0.2, 0.25) is 0 Å². The Kier molecular flexibility index (Phi) is 5.44. The second-order valence-electron chi connectivity index (χ2n) is 7.54. The molecule has 2 aliphatic carbocycles. The Hall–Kier alpha value is -0.450. The zero-order chi connectivity index (χ0) is 16.4. The van der Waals surface area contributed by atoms with Crippen molar-refractivity contribution >= 4 is 15.9 Å². The lowest BCUT2D eigenvalue weighted by molar-refractivity contribution is -0.104. The molecule has 3 unspecified atom stereocenters. The van der Waals surface area contributed by atoms with Gasteiger partial charge in [0.25, 0.3) is 0 Å². The molecule has 1 aromatic rings. The van der Waals surface area contributed by atoms with E-state index in [1.807, 2.05) is 6.20 Å². The van der Waals surface area contributed by atoms with Gasteiger partial charge in [0.15, 0.2) is 0 Å². The third-order valence-electron chi connectivity index (χ3n) is 5.87. The molecule has 2 saturated carbocycles. The number of nitrogens with zero attached hydrogens (tertiary/aromatic N) is 2. The number of aliphatic hydroxyl groups is 1. The molecule has 1 N–H and O–H groups in total. The Morgan fingerprint density at radius 1 is 1.26 bits per heavy atom. The number of hydrogen-bond donors (Lipinski definition) is 1. The first kappa shape index (κ1) is 17.4. The maximum absolute atomic E-state index is 11.7. The van der Waals surface area contributed by atoms with Gasteiger partial charge >= 0.3 is 0 Å². The topological polar surface area (TPSA) is 36.4 Å². The van der Waals surface area contributed by atoms with Crippen molar-refractivity contribution in [1.29, 1.82) is 0 Å². The molecule has 3 rings (SSSR count). The van der Waals surface area contributed by atoms with Gasteiger partial charge in [-0.3, -0.25) is 4.98 Å². The first-order valence-corrected chi connectivity index (χ1v) is 9.89. The molecule has 0 aliphatic heterocycles. The molecule has 23 heavy (non-hydrogen) atoms. The fourth-order valence-corrected chi connectivity index (χ4v) is 4.57. The molecule has 128 valence electrons. The molecule has 0 amide bonds. The molecule has 2 aliphatic rings. The van der Waals surface area contributed by atoms with E-state index < -0.39 is 5.60 Å². The van der Waals surface area contributed by atoms with Gasteiger partial charge in [-0.05, 0) is 66.1 Å². The molecular formula is C19H29BrN2O. The highest BCUT2D eigenvalue weighted by Crippen LogP contribution is 2.46. The molecule has 0 radical (unpaired) electrons. The lowest BCUT2D eigenvalue weighted by Crippen LogP contribution is -2.49. The average molecular weight is 381 g/mol. The van der Waals surface area contributed by atoms with Crippen LogP contribution >= 0.6 is 15.9 Å². The van der Waals surface area contributed by atoms with Crippen molar-refractivity contribution in [3.63, 3.8) is 0 Å². The first-order chi connectivity index (χ1) is 11.0. The molecule has 4 heteroatoms. The van der Waals surface area contributed by atoms with Gasteiger partial charge in [-0.15, -0.1) is 0 Å². The molecule has 3 atom stereocenters. The quantitative estimate of drug-likeness (QED) is 0.802. The van der Waals surface area contributed by atoms with Crippen LogP contribution in [0.25, 0.3) is 0 Å². The summed E-state index contributed by atoms with van der Waals surface area (Å²) in [5.74, 6) is 1.47.